The predicted octanol–water partition coefficient (Wildman–Crippen LogP) is 6.01. The number of carbonyl (C=O) groups excluding carboxylic acids is 4. The monoisotopic (exact) mass is 556 g/mol. The molecule has 2 aromatic rings. The van der Waals surface area contributed by atoms with E-state index in [9.17, 15) is 19.2 Å². The summed E-state index contributed by atoms with van der Waals surface area (Å²) < 4.78 is 6.01. The predicted molar refractivity (Wildman–Crippen MR) is 155 cm³/mol. The quantitative estimate of drug-likeness (QED) is 0.210. The van der Waals surface area contributed by atoms with Crippen LogP contribution in [-0.4, -0.2) is 40.5 Å². The molecule has 0 fully saturated rings. The number of hydrogen-bond donors (Lipinski definition) is 3. The van der Waals surface area contributed by atoms with Crippen molar-refractivity contribution in [2.45, 2.75) is 78.2 Å². The van der Waals surface area contributed by atoms with Crippen LogP contribution in [0.1, 0.15) is 83.1 Å². The first-order valence-corrected chi connectivity index (χ1v) is 13.4. The highest BCUT2D eigenvalue weighted by Crippen LogP contribution is 2.23. The Morgan fingerprint density at radius 3 is 2.03 bits per heavy atom. The summed E-state index contributed by atoms with van der Waals surface area (Å²) in [6.07, 6.45) is 1.51. The van der Waals surface area contributed by atoms with Gasteiger partial charge in [0.25, 0.3) is 5.91 Å². The fraction of sp³-hybridized carbons (Fsp3) is 0.448. The Labute approximate surface area is 236 Å². The number of carbonyl (C=O) groups is 4. The lowest BCUT2D eigenvalue weighted by Crippen LogP contribution is -2.50. The first kappa shape index (κ1) is 31.7. The Morgan fingerprint density at radius 1 is 0.846 bits per heavy atom. The average Bonchev–Trinajstić information content (AvgIpc) is 2.85. The second-order valence-corrected chi connectivity index (χ2v) is 11.5. The number of imide groups is 1. The Kier molecular flexibility index (Phi) is 11.4. The van der Waals surface area contributed by atoms with Crippen molar-refractivity contribution >= 4 is 42.4 Å². The summed E-state index contributed by atoms with van der Waals surface area (Å²) in [6.45, 7) is 12.0. The number of nitrogens with zero attached hydrogens (tertiary/aromatic N) is 2. The molecule has 0 atom stereocenters. The van der Waals surface area contributed by atoms with Crippen molar-refractivity contribution in [1.82, 2.24) is 15.0 Å². The van der Waals surface area contributed by atoms with E-state index < -0.39 is 23.6 Å². The molecule has 0 aliphatic carbocycles. The minimum absolute atomic E-state index is 0.0715. The third kappa shape index (κ3) is 10.6. The molecule has 5 amide bonds. The van der Waals surface area contributed by atoms with Crippen LogP contribution in [0.25, 0.3) is 0 Å². The molecule has 2 aromatic carbocycles. The summed E-state index contributed by atoms with van der Waals surface area (Å²) in [5.74, 6) is -0.967. The zero-order chi connectivity index (χ0) is 29.2. The van der Waals surface area contributed by atoms with E-state index in [2.05, 4.69) is 44.2 Å². The van der Waals surface area contributed by atoms with E-state index in [1.54, 1.807) is 63.2 Å². The van der Waals surface area contributed by atoms with Crippen LogP contribution in [0.5, 0.6) is 0 Å². The standard InChI is InChI=1S/C29H40N4O5S/c1-28(2,3)22-18-16-21(17-19-22)25(35)31-26(36)33(39)32(23-13-9-7-10-14-23)24(34)15-11-8-12-20-30-27(37)38-29(4,5)6/h7,9-10,13-14,16-19,39H,8,11-12,15,20H2,1-6H3,(H,30,37)(H,31,35,36). The SMILES string of the molecule is CC(C)(C)OC(=O)NCCCCCC(=O)N(c1ccccc1)N(S)C(=O)NC(=O)c1ccc(C(C)(C)C)cc1. The van der Waals surface area contributed by atoms with Crippen molar-refractivity contribution in [3.63, 3.8) is 0 Å². The summed E-state index contributed by atoms with van der Waals surface area (Å²) >= 11 is 4.26. The number of thiol groups is 1. The third-order valence-electron chi connectivity index (χ3n) is 5.58. The van der Waals surface area contributed by atoms with Crippen molar-refractivity contribution in [2.24, 2.45) is 0 Å². The number of para-hydroxylation sites is 1. The molecule has 0 aromatic heterocycles. The molecular formula is C29H40N4O5S. The van der Waals surface area contributed by atoms with E-state index in [-0.39, 0.29) is 17.7 Å². The molecule has 0 radical (unpaired) electrons. The minimum Gasteiger partial charge on any atom is -0.444 e. The summed E-state index contributed by atoms with van der Waals surface area (Å²) in [4.78, 5) is 50.5. The molecule has 0 heterocycles. The zero-order valence-corrected chi connectivity index (χ0v) is 24.5. The van der Waals surface area contributed by atoms with Crippen LogP contribution in [0.3, 0.4) is 0 Å². The van der Waals surface area contributed by atoms with Gasteiger partial charge in [0.15, 0.2) is 0 Å². The van der Waals surface area contributed by atoms with Crippen LogP contribution in [0.4, 0.5) is 15.3 Å². The molecule has 0 spiro atoms. The van der Waals surface area contributed by atoms with E-state index >= 15 is 0 Å². The highest BCUT2D eigenvalue weighted by molar-refractivity contribution is 7.78. The molecule has 2 rings (SSSR count). The van der Waals surface area contributed by atoms with Gasteiger partial charge >= 0.3 is 12.1 Å². The van der Waals surface area contributed by atoms with Gasteiger partial charge in [-0.2, -0.15) is 4.41 Å². The van der Waals surface area contributed by atoms with Crippen LogP contribution < -0.4 is 15.6 Å². The number of unbranched alkanes of at least 4 members (excludes halogenated alkanes) is 2. The number of ether oxygens (including phenoxy) is 1. The van der Waals surface area contributed by atoms with Crippen molar-refractivity contribution in [3.05, 3.63) is 65.7 Å². The normalized spacial score (nSPS) is 11.4. The Hall–Kier alpha value is -3.53. The number of hydrazine groups is 1. The largest absolute Gasteiger partial charge is 0.444 e. The minimum atomic E-state index is -0.859. The lowest BCUT2D eigenvalue weighted by molar-refractivity contribution is -0.120. The number of hydrogen-bond acceptors (Lipinski definition) is 6. The molecule has 0 aliphatic heterocycles. The van der Waals surface area contributed by atoms with Crippen molar-refractivity contribution in [2.75, 3.05) is 11.6 Å². The van der Waals surface area contributed by atoms with Crippen molar-refractivity contribution in [1.29, 1.82) is 0 Å². The number of alkyl carbamates (subject to hydrolysis) is 1. The number of benzene rings is 2. The Morgan fingerprint density at radius 2 is 1.46 bits per heavy atom. The molecule has 10 heteroatoms. The van der Waals surface area contributed by atoms with Gasteiger partial charge in [0.2, 0.25) is 5.91 Å². The molecule has 39 heavy (non-hydrogen) atoms. The number of nitrogens with one attached hydrogen (secondary N) is 2. The second kappa shape index (κ2) is 14.0. The fourth-order valence-electron chi connectivity index (χ4n) is 3.55. The van der Waals surface area contributed by atoms with Crippen LogP contribution in [-0.2, 0) is 14.9 Å². The van der Waals surface area contributed by atoms with Crippen molar-refractivity contribution < 1.29 is 23.9 Å². The maximum absolute atomic E-state index is 13.2. The number of anilines is 1. The van der Waals surface area contributed by atoms with Gasteiger partial charge in [0.1, 0.15) is 5.60 Å². The molecule has 9 nitrogen and oxygen atoms in total. The summed E-state index contributed by atoms with van der Waals surface area (Å²) in [7, 11) is 0. The second-order valence-electron chi connectivity index (χ2n) is 11.2. The molecule has 212 valence electrons. The summed E-state index contributed by atoms with van der Waals surface area (Å²) in [6, 6.07) is 14.8. The molecule has 0 aliphatic rings. The summed E-state index contributed by atoms with van der Waals surface area (Å²) in [5.41, 5.74) is 1.17. The highest BCUT2D eigenvalue weighted by Gasteiger charge is 2.27. The van der Waals surface area contributed by atoms with Gasteiger partial charge in [0.05, 0.1) is 5.69 Å². The number of rotatable bonds is 8. The topological polar surface area (TPSA) is 108 Å². The Balaban J connectivity index is 1.96. The van der Waals surface area contributed by atoms with Gasteiger partial charge in [0, 0.05) is 18.5 Å². The lowest BCUT2D eigenvalue weighted by Gasteiger charge is -2.30. The van der Waals surface area contributed by atoms with Gasteiger partial charge < -0.3 is 10.1 Å². The maximum Gasteiger partial charge on any atom is 0.407 e. The van der Waals surface area contributed by atoms with Crippen LogP contribution in [0.15, 0.2) is 54.6 Å². The molecular weight excluding hydrogens is 516 g/mol. The van der Waals surface area contributed by atoms with Gasteiger partial charge in [-0.15, -0.1) is 0 Å². The first-order valence-electron chi connectivity index (χ1n) is 13.0. The van der Waals surface area contributed by atoms with E-state index in [4.69, 9.17) is 4.74 Å². The highest BCUT2D eigenvalue weighted by atomic mass is 32.1. The third-order valence-corrected chi connectivity index (χ3v) is 5.94. The smallest absolute Gasteiger partial charge is 0.407 e. The zero-order valence-electron chi connectivity index (χ0n) is 23.6. The van der Waals surface area contributed by atoms with Crippen LogP contribution >= 0.6 is 12.8 Å². The molecule has 0 unspecified atom stereocenters. The first-order chi connectivity index (χ1) is 18.2. The fourth-order valence-corrected chi connectivity index (χ4v) is 3.80. The van der Waals surface area contributed by atoms with Gasteiger partial charge in [-0.05, 0) is 81.7 Å². The van der Waals surface area contributed by atoms with E-state index in [1.165, 1.54) is 0 Å². The Bertz CT molecular complexity index is 1130. The van der Waals surface area contributed by atoms with Crippen molar-refractivity contribution in [3.8, 4) is 0 Å². The molecule has 0 bridgehead atoms. The van der Waals surface area contributed by atoms with Gasteiger partial charge in [-0.3, -0.25) is 14.9 Å². The van der Waals surface area contributed by atoms with Gasteiger partial charge in [-0.1, -0.05) is 57.5 Å². The van der Waals surface area contributed by atoms with E-state index in [0.717, 1.165) is 15.0 Å². The number of urea groups is 1. The summed E-state index contributed by atoms with van der Waals surface area (Å²) in [5, 5.41) is 6.12. The number of amides is 5. The molecule has 0 saturated heterocycles. The lowest BCUT2D eigenvalue weighted by atomic mass is 9.87. The average molecular weight is 557 g/mol. The van der Waals surface area contributed by atoms with E-state index in [0.29, 0.717) is 37.1 Å². The van der Waals surface area contributed by atoms with E-state index in [1.807, 2.05) is 12.1 Å². The van der Waals surface area contributed by atoms with Gasteiger partial charge in [-0.25, -0.2) is 14.6 Å². The molecule has 0 saturated carbocycles. The molecule has 2 N–H and O–H groups in total. The maximum atomic E-state index is 13.2. The van der Waals surface area contributed by atoms with Crippen LogP contribution in [0.2, 0.25) is 0 Å². The van der Waals surface area contributed by atoms with Crippen LogP contribution in [0, 0.1) is 0 Å².